The molecule has 0 fully saturated rings. The Kier molecular flexibility index (Phi) is 11.3. The summed E-state index contributed by atoms with van der Waals surface area (Å²) >= 11 is 0. The predicted molar refractivity (Wildman–Crippen MR) is 145 cm³/mol. The summed E-state index contributed by atoms with van der Waals surface area (Å²) in [5, 5.41) is 23.9. The van der Waals surface area contributed by atoms with Gasteiger partial charge in [0.25, 0.3) is 0 Å². The number of rotatable bonds is 8. The molecular weight excluding hydrogens is 496 g/mol. The number of aromatic nitrogens is 1. The Balaban J connectivity index is 1.77. The standard InChI is InChI=1S/C30H34N4O5/c31-20-23-11-9-22(10-12-23)7-5-8-25(19-28(36)37)29(38)33-27-18-24-6-3-1-2-4-16-34(21-24)17-14-26(35)13-15-32-30(27)39/h1-4,6,9-12,16,21,25,27H,5,7-8,13-15,17-19H2,(H,32,39)(H,33,38)(H,36,37)/t25-,27?/m1/s1. The maximum atomic E-state index is 13.3. The van der Waals surface area contributed by atoms with Crippen molar-refractivity contribution in [3.8, 4) is 6.07 Å². The first-order valence-electron chi connectivity index (χ1n) is 13.1. The minimum Gasteiger partial charge on any atom is -0.481 e. The van der Waals surface area contributed by atoms with E-state index in [0.717, 1.165) is 11.1 Å². The van der Waals surface area contributed by atoms with Crippen molar-refractivity contribution in [1.29, 1.82) is 5.26 Å². The molecule has 204 valence electrons. The van der Waals surface area contributed by atoms with Gasteiger partial charge in [-0.1, -0.05) is 36.4 Å². The molecule has 3 N–H and O–H groups in total. The SMILES string of the molecule is N#Cc1ccc(CCC[C@H](CC(=O)O)C(=O)NC2Cc3ccccccn(c3)CCC(=O)CCNC2=O)cc1. The van der Waals surface area contributed by atoms with Crippen molar-refractivity contribution in [2.45, 2.75) is 57.5 Å². The lowest BCUT2D eigenvalue weighted by atomic mass is 9.94. The lowest BCUT2D eigenvalue weighted by Crippen LogP contribution is -2.50. The van der Waals surface area contributed by atoms with Crippen LogP contribution in [0.3, 0.4) is 0 Å². The minimum absolute atomic E-state index is 0.0227. The molecule has 2 aromatic rings. The Bertz CT molecular complexity index is 1260. The van der Waals surface area contributed by atoms with Crippen LogP contribution >= 0.6 is 0 Å². The number of amides is 2. The van der Waals surface area contributed by atoms with Crippen molar-refractivity contribution in [3.63, 3.8) is 0 Å². The second-order valence-corrected chi connectivity index (χ2v) is 9.62. The van der Waals surface area contributed by atoms with Crippen LogP contribution < -0.4 is 10.6 Å². The fourth-order valence-corrected chi connectivity index (χ4v) is 4.42. The van der Waals surface area contributed by atoms with Gasteiger partial charge in [0.05, 0.1) is 18.1 Å². The Morgan fingerprint density at radius 2 is 1.87 bits per heavy atom. The molecule has 0 spiro atoms. The van der Waals surface area contributed by atoms with Crippen molar-refractivity contribution in [1.82, 2.24) is 15.2 Å². The lowest BCUT2D eigenvalue weighted by Gasteiger charge is -2.22. The molecule has 1 unspecified atom stereocenters. The molecule has 1 aromatic heterocycles. The average molecular weight is 531 g/mol. The van der Waals surface area contributed by atoms with E-state index < -0.39 is 29.7 Å². The van der Waals surface area contributed by atoms with Crippen molar-refractivity contribution >= 4 is 23.6 Å². The minimum atomic E-state index is -1.09. The molecule has 0 saturated carbocycles. The number of carboxylic acids is 1. The molecule has 1 aliphatic rings. The second-order valence-electron chi connectivity index (χ2n) is 9.62. The van der Waals surface area contributed by atoms with Gasteiger partial charge >= 0.3 is 5.97 Å². The van der Waals surface area contributed by atoms with Gasteiger partial charge in [0, 0.05) is 50.7 Å². The number of carbonyl (C=O) groups is 4. The van der Waals surface area contributed by atoms with E-state index in [0.29, 0.717) is 37.8 Å². The van der Waals surface area contributed by atoms with E-state index >= 15 is 0 Å². The van der Waals surface area contributed by atoms with Gasteiger partial charge in [-0.2, -0.15) is 5.26 Å². The average Bonchev–Trinajstić information content (AvgIpc) is 3.02. The first kappa shape index (κ1) is 29.1. The summed E-state index contributed by atoms with van der Waals surface area (Å²) in [7, 11) is 0. The van der Waals surface area contributed by atoms with Gasteiger partial charge in [-0.15, -0.1) is 0 Å². The highest BCUT2D eigenvalue weighted by atomic mass is 16.4. The molecular formula is C30H34N4O5. The summed E-state index contributed by atoms with van der Waals surface area (Å²) in [5.41, 5.74) is 2.32. The fourth-order valence-electron chi connectivity index (χ4n) is 4.42. The summed E-state index contributed by atoms with van der Waals surface area (Å²) in [6, 6.07) is 17.5. The Hall–Kier alpha value is -4.45. The quantitative estimate of drug-likeness (QED) is 0.479. The molecule has 0 radical (unpaired) electrons. The van der Waals surface area contributed by atoms with Crippen molar-refractivity contribution in [2.75, 3.05) is 6.54 Å². The van der Waals surface area contributed by atoms with Crippen LogP contribution in [0.1, 0.15) is 48.8 Å². The van der Waals surface area contributed by atoms with Gasteiger partial charge in [0.2, 0.25) is 11.8 Å². The molecule has 39 heavy (non-hydrogen) atoms. The van der Waals surface area contributed by atoms with Crippen LogP contribution in [0.2, 0.25) is 0 Å². The highest BCUT2D eigenvalue weighted by Crippen LogP contribution is 2.16. The molecule has 2 heterocycles. The number of nitrogens with one attached hydrogen (secondary N) is 2. The molecule has 9 heteroatoms. The zero-order chi connectivity index (χ0) is 28.0. The van der Waals surface area contributed by atoms with Gasteiger partial charge in [0.15, 0.2) is 0 Å². The van der Waals surface area contributed by atoms with Crippen LogP contribution in [-0.4, -0.2) is 45.8 Å². The number of nitrogens with zero attached hydrogens (tertiary/aromatic N) is 2. The van der Waals surface area contributed by atoms with Crippen molar-refractivity contribution in [3.05, 3.63) is 83.7 Å². The Morgan fingerprint density at radius 3 is 2.62 bits per heavy atom. The van der Waals surface area contributed by atoms with E-state index in [1.807, 2.05) is 59.4 Å². The predicted octanol–water partition coefficient (Wildman–Crippen LogP) is 3.10. The van der Waals surface area contributed by atoms with Crippen LogP contribution in [0.5, 0.6) is 0 Å². The maximum Gasteiger partial charge on any atom is 0.304 e. The van der Waals surface area contributed by atoms with E-state index in [-0.39, 0.29) is 31.6 Å². The van der Waals surface area contributed by atoms with Gasteiger partial charge in [-0.05, 0) is 48.6 Å². The molecule has 0 aliphatic carbocycles. The summed E-state index contributed by atoms with van der Waals surface area (Å²) in [6.45, 7) is 0.658. The molecule has 1 aliphatic heterocycles. The third kappa shape index (κ3) is 10.1. The number of carboxylic acid groups (broad SMARTS) is 1. The second kappa shape index (κ2) is 15.1. The molecule has 2 bridgehead atoms. The van der Waals surface area contributed by atoms with Crippen molar-refractivity contribution < 1.29 is 24.3 Å². The van der Waals surface area contributed by atoms with E-state index in [9.17, 15) is 24.3 Å². The third-order valence-electron chi connectivity index (χ3n) is 6.57. The monoisotopic (exact) mass is 530 g/mol. The number of fused-ring (bicyclic) bond motifs is 2. The van der Waals surface area contributed by atoms with Crippen LogP contribution in [0.4, 0.5) is 0 Å². The van der Waals surface area contributed by atoms with Crippen molar-refractivity contribution in [2.24, 2.45) is 5.92 Å². The number of hydrogen-bond acceptors (Lipinski definition) is 5. The number of aryl methyl sites for hydroxylation is 2. The number of aliphatic carboxylic acids is 1. The molecule has 9 nitrogen and oxygen atoms in total. The zero-order valence-electron chi connectivity index (χ0n) is 21.8. The first-order chi connectivity index (χ1) is 18.8. The van der Waals surface area contributed by atoms with E-state index in [1.165, 1.54) is 0 Å². The Labute approximate surface area is 228 Å². The largest absolute Gasteiger partial charge is 0.481 e. The van der Waals surface area contributed by atoms with Gasteiger partial charge < -0.3 is 20.3 Å². The highest BCUT2D eigenvalue weighted by molar-refractivity contribution is 5.90. The fraction of sp³-hybridized carbons (Fsp3) is 0.367. The normalized spacial score (nSPS) is 16.3. The summed E-state index contributed by atoms with van der Waals surface area (Å²) in [5.74, 6) is -2.80. The number of Topliss-reactive ketones (excluding diaryl/α,β-unsaturated/α-hetero) is 1. The van der Waals surface area contributed by atoms with E-state index in [4.69, 9.17) is 5.26 Å². The highest BCUT2D eigenvalue weighted by Gasteiger charge is 2.27. The summed E-state index contributed by atoms with van der Waals surface area (Å²) < 4.78 is 1.89. The first-order valence-corrected chi connectivity index (χ1v) is 13.1. The summed E-state index contributed by atoms with van der Waals surface area (Å²) in [6.07, 6.45) is 5.61. The van der Waals surface area contributed by atoms with Crippen LogP contribution in [0.15, 0.2) is 67.0 Å². The number of hydrogen-bond donors (Lipinski definition) is 3. The zero-order valence-corrected chi connectivity index (χ0v) is 21.8. The lowest BCUT2D eigenvalue weighted by molar-refractivity contribution is -0.141. The summed E-state index contributed by atoms with van der Waals surface area (Å²) in [4.78, 5) is 50.2. The number of carbonyl (C=O) groups excluding carboxylic acids is 3. The molecule has 3 rings (SSSR count). The van der Waals surface area contributed by atoms with Gasteiger partial charge in [-0.25, -0.2) is 0 Å². The van der Waals surface area contributed by atoms with E-state index in [2.05, 4.69) is 16.7 Å². The van der Waals surface area contributed by atoms with Gasteiger partial charge in [0.1, 0.15) is 11.8 Å². The molecule has 0 saturated heterocycles. The number of benzene rings is 1. The molecule has 2 amide bonds. The number of ketones is 1. The maximum absolute atomic E-state index is 13.3. The molecule has 1 aromatic carbocycles. The smallest absolute Gasteiger partial charge is 0.304 e. The third-order valence-corrected chi connectivity index (χ3v) is 6.57. The molecule has 2 atom stereocenters. The van der Waals surface area contributed by atoms with Crippen LogP contribution in [0, 0.1) is 17.2 Å². The Morgan fingerprint density at radius 1 is 1.10 bits per heavy atom. The van der Waals surface area contributed by atoms with Crippen LogP contribution in [-0.2, 0) is 38.6 Å². The van der Waals surface area contributed by atoms with Crippen LogP contribution in [0.25, 0.3) is 0 Å². The van der Waals surface area contributed by atoms with Gasteiger partial charge in [-0.3, -0.25) is 19.2 Å². The number of nitriles is 1. The van der Waals surface area contributed by atoms with E-state index in [1.54, 1.807) is 12.1 Å². The topological polar surface area (TPSA) is 141 Å².